The normalized spacial score (nSPS) is 14.5. The molecule has 0 heteroatoms. The van der Waals surface area contributed by atoms with Crippen LogP contribution in [0.15, 0.2) is 42.0 Å². The average molecular weight is 301 g/mol. The molecule has 0 aliphatic heterocycles. The first-order valence-electron chi connectivity index (χ1n) is 9.12. The molecule has 22 heavy (non-hydrogen) atoms. The van der Waals surface area contributed by atoms with Gasteiger partial charge in [0.1, 0.15) is 0 Å². The van der Waals surface area contributed by atoms with Crippen molar-refractivity contribution in [2.75, 3.05) is 0 Å². The predicted molar refractivity (Wildman–Crippen MR) is 103 cm³/mol. The second-order valence-electron chi connectivity index (χ2n) is 5.56. The van der Waals surface area contributed by atoms with Crippen LogP contribution in [-0.4, -0.2) is 0 Å². The molecule has 124 valence electrons. The van der Waals surface area contributed by atoms with E-state index in [1.807, 2.05) is 27.7 Å². The molecule has 0 bridgehead atoms. The SMILES string of the molecule is CC.CC.CC/C(C)=C/C=C(\C)c1ccc(CC2CC2)cc1. The van der Waals surface area contributed by atoms with Gasteiger partial charge < -0.3 is 0 Å². The van der Waals surface area contributed by atoms with Crippen molar-refractivity contribution in [1.29, 1.82) is 0 Å². The van der Waals surface area contributed by atoms with E-state index in [9.17, 15) is 0 Å². The lowest BCUT2D eigenvalue weighted by molar-refractivity contribution is 0.832. The Hall–Kier alpha value is -1.30. The summed E-state index contributed by atoms with van der Waals surface area (Å²) < 4.78 is 0. The Balaban J connectivity index is 0.00000102. The molecule has 0 nitrogen and oxygen atoms in total. The minimum atomic E-state index is 0.975. The molecular formula is C22H36. The predicted octanol–water partition coefficient (Wildman–Crippen LogP) is 7.45. The lowest BCUT2D eigenvalue weighted by atomic mass is 10.0. The lowest BCUT2D eigenvalue weighted by Crippen LogP contribution is -1.87. The van der Waals surface area contributed by atoms with Gasteiger partial charge in [0.25, 0.3) is 0 Å². The topological polar surface area (TPSA) is 0 Å². The lowest BCUT2D eigenvalue weighted by Gasteiger charge is -2.04. The van der Waals surface area contributed by atoms with Gasteiger partial charge in [0, 0.05) is 0 Å². The zero-order valence-corrected chi connectivity index (χ0v) is 15.9. The van der Waals surface area contributed by atoms with E-state index < -0.39 is 0 Å². The average Bonchev–Trinajstić information content (AvgIpc) is 3.40. The Morgan fingerprint density at radius 2 is 1.50 bits per heavy atom. The highest BCUT2D eigenvalue weighted by atomic mass is 14.3. The fourth-order valence-corrected chi connectivity index (χ4v) is 2.04. The molecule has 0 spiro atoms. The summed E-state index contributed by atoms with van der Waals surface area (Å²) >= 11 is 0. The summed E-state index contributed by atoms with van der Waals surface area (Å²) in [4.78, 5) is 0. The third-order valence-electron chi connectivity index (χ3n) is 3.81. The van der Waals surface area contributed by atoms with Crippen LogP contribution in [0.25, 0.3) is 5.57 Å². The van der Waals surface area contributed by atoms with Crippen LogP contribution in [0.5, 0.6) is 0 Å². The smallest absolute Gasteiger partial charge is 0.0227 e. The summed E-state index contributed by atoms with van der Waals surface area (Å²) in [5.74, 6) is 0.975. The molecule has 0 saturated heterocycles. The number of allylic oxidation sites excluding steroid dienone is 4. The summed E-state index contributed by atoms with van der Waals surface area (Å²) in [6.07, 6.45) is 9.73. The standard InChI is InChI=1S/C18H24.2C2H6/c1-4-14(2)5-6-15(3)18-11-9-17(10-12-18)13-16-7-8-16;2*1-2/h5-6,9-12,16H,4,7-8,13H2,1-3H3;2*1-2H3/b14-5+,15-6+;;. The summed E-state index contributed by atoms with van der Waals surface area (Å²) in [6, 6.07) is 9.11. The zero-order valence-electron chi connectivity index (χ0n) is 15.9. The maximum Gasteiger partial charge on any atom is -0.0227 e. The van der Waals surface area contributed by atoms with E-state index in [2.05, 4.69) is 57.2 Å². The minimum absolute atomic E-state index is 0.975. The van der Waals surface area contributed by atoms with Gasteiger partial charge in [0.2, 0.25) is 0 Å². The Morgan fingerprint density at radius 1 is 0.955 bits per heavy atom. The minimum Gasteiger partial charge on any atom is -0.0736 e. The van der Waals surface area contributed by atoms with E-state index in [4.69, 9.17) is 0 Å². The number of benzene rings is 1. The quantitative estimate of drug-likeness (QED) is 0.495. The van der Waals surface area contributed by atoms with E-state index in [0.29, 0.717) is 0 Å². The van der Waals surface area contributed by atoms with E-state index in [-0.39, 0.29) is 0 Å². The highest BCUT2D eigenvalue weighted by Gasteiger charge is 2.21. The van der Waals surface area contributed by atoms with Gasteiger partial charge in [-0.05, 0) is 62.1 Å². The van der Waals surface area contributed by atoms with Crippen LogP contribution in [0, 0.1) is 5.92 Å². The van der Waals surface area contributed by atoms with E-state index in [1.165, 1.54) is 41.5 Å². The van der Waals surface area contributed by atoms with Gasteiger partial charge in [-0.15, -0.1) is 0 Å². The number of hydrogen-bond donors (Lipinski definition) is 0. The molecule has 1 fully saturated rings. The second-order valence-corrected chi connectivity index (χ2v) is 5.56. The Kier molecular flexibility index (Phi) is 11.5. The molecule has 1 aromatic carbocycles. The van der Waals surface area contributed by atoms with Gasteiger partial charge in [0.15, 0.2) is 0 Å². The summed E-state index contributed by atoms with van der Waals surface area (Å²) in [6.45, 7) is 14.6. The fraction of sp³-hybridized carbons (Fsp3) is 0.545. The van der Waals surface area contributed by atoms with Crippen molar-refractivity contribution in [3.05, 3.63) is 53.1 Å². The monoisotopic (exact) mass is 300 g/mol. The Bertz CT molecular complexity index is 441. The molecule has 0 heterocycles. The molecule has 0 radical (unpaired) electrons. The molecule has 1 aliphatic rings. The molecule has 0 N–H and O–H groups in total. The molecule has 1 saturated carbocycles. The second kappa shape index (κ2) is 12.3. The van der Waals surface area contributed by atoms with Gasteiger partial charge in [0.05, 0.1) is 0 Å². The molecule has 0 amide bonds. The van der Waals surface area contributed by atoms with Crippen LogP contribution in [0.2, 0.25) is 0 Å². The summed E-state index contributed by atoms with van der Waals surface area (Å²) in [5.41, 5.74) is 5.62. The van der Waals surface area contributed by atoms with Crippen molar-refractivity contribution in [1.82, 2.24) is 0 Å². The molecule has 0 atom stereocenters. The third-order valence-corrected chi connectivity index (χ3v) is 3.81. The molecular weight excluding hydrogens is 264 g/mol. The third kappa shape index (κ3) is 8.22. The Labute approximate surface area is 139 Å². The van der Waals surface area contributed by atoms with Crippen LogP contribution in [-0.2, 0) is 6.42 Å². The molecule has 0 unspecified atom stereocenters. The summed E-state index contributed by atoms with van der Waals surface area (Å²) in [5, 5.41) is 0. The van der Waals surface area contributed by atoms with Crippen molar-refractivity contribution in [2.45, 2.75) is 74.1 Å². The van der Waals surface area contributed by atoms with Crippen LogP contribution in [0.4, 0.5) is 0 Å². The van der Waals surface area contributed by atoms with Crippen molar-refractivity contribution >= 4 is 5.57 Å². The highest BCUT2D eigenvalue weighted by molar-refractivity contribution is 5.65. The van der Waals surface area contributed by atoms with Gasteiger partial charge >= 0.3 is 0 Å². The van der Waals surface area contributed by atoms with Crippen LogP contribution in [0.3, 0.4) is 0 Å². The number of rotatable bonds is 5. The highest BCUT2D eigenvalue weighted by Crippen LogP contribution is 2.32. The van der Waals surface area contributed by atoms with E-state index in [0.717, 1.165) is 12.3 Å². The zero-order chi connectivity index (χ0) is 17.0. The first kappa shape index (κ1) is 20.7. The van der Waals surface area contributed by atoms with Gasteiger partial charge in [-0.25, -0.2) is 0 Å². The van der Waals surface area contributed by atoms with Crippen molar-refractivity contribution in [3.8, 4) is 0 Å². The van der Waals surface area contributed by atoms with Crippen molar-refractivity contribution < 1.29 is 0 Å². The summed E-state index contributed by atoms with van der Waals surface area (Å²) in [7, 11) is 0. The van der Waals surface area contributed by atoms with E-state index >= 15 is 0 Å². The maximum absolute atomic E-state index is 2.29. The van der Waals surface area contributed by atoms with Gasteiger partial charge in [-0.2, -0.15) is 0 Å². The van der Waals surface area contributed by atoms with Crippen molar-refractivity contribution in [2.24, 2.45) is 5.92 Å². The van der Waals surface area contributed by atoms with Gasteiger partial charge in [-0.1, -0.05) is 76.6 Å². The van der Waals surface area contributed by atoms with Crippen LogP contribution >= 0.6 is 0 Å². The molecule has 0 aromatic heterocycles. The first-order chi connectivity index (χ1) is 10.7. The van der Waals surface area contributed by atoms with Crippen LogP contribution in [0.1, 0.15) is 78.9 Å². The molecule has 2 rings (SSSR count). The number of hydrogen-bond acceptors (Lipinski definition) is 0. The van der Waals surface area contributed by atoms with Crippen molar-refractivity contribution in [3.63, 3.8) is 0 Å². The van der Waals surface area contributed by atoms with Gasteiger partial charge in [-0.3, -0.25) is 0 Å². The Morgan fingerprint density at radius 3 is 1.95 bits per heavy atom. The van der Waals surface area contributed by atoms with Crippen LogP contribution < -0.4 is 0 Å². The largest absolute Gasteiger partial charge is 0.0736 e. The maximum atomic E-state index is 2.29. The fourth-order valence-electron chi connectivity index (χ4n) is 2.04. The molecule has 1 aliphatic carbocycles. The van der Waals surface area contributed by atoms with E-state index in [1.54, 1.807) is 0 Å². The first-order valence-corrected chi connectivity index (χ1v) is 9.12. The molecule has 1 aromatic rings.